The third-order valence-electron chi connectivity index (χ3n) is 1.86. The second-order valence-electron chi connectivity index (χ2n) is 4.11. The average Bonchev–Trinajstić information content (AvgIpc) is 2.16. The van der Waals surface area contributed by atoms with E-state index in [1.807, 2.05) is 45.9 Å². The summed E-state index contributed by atoms with van der Waals surface area (Å²) in [6, 6.07) is 5.61. The van der Waals surface area contributed by atoms with Crippen molar-refractivity contribution >= 4 is 18.1 Å². The van der Waals surface area contributed by atoms with Gasteiger partial charge in [-0.1, -0.05) is 6.07 Å². The fraction of sp³-hybridized carbons (Fsp3) is 0.500. The van der Waals surface area contributed by atoms with Crippen LogP contribution in [0, 0.1) is 0 Å². The van der Waals surface area contributed by atoms with Crippen LogP contribution in [-0.2, 0) is 0 Å². The number of hydrazine groups is 1. The van der Waals surface area contributed by atoms with Gasteiger partial charge in [0, 0.05) is 0 Å². The largest absolute Gasteiger partial charge is 0.489 e. The molecule has 3 N–H and O–H groups in total. The Labute approximate surface area is 109 Å². The molecule has 17 heavy (non-hydrogen) atoms. The van der Waals surface area contributed by atoms with Gasteiger partial charge in [-0.3, -0.25) is 5.84 Å². The Kier molecular flexibility index (Phi) is 6.76. The number of nitrogens with one attached hydrogen (secondary N) is 1. The lowest BCUT2D eigenvalue weighted by Crippen LogP contribution is -2.15. The van der Waals surface area contributed by atoms with Crippen molar-refractivity contribution in [3.8, 4) is 11.5 Å². The minimum absolute atomic E-state index is 0. The van der Waals surface area contributed by atoms with Crippen molar-refractivity contribution < 1.29 is 9.47 Å². The maximum Gasteiger partial charge on any atom is 0.147 e. The minimum atomic E-state index is 0. The number of nitrogens with two attached hydrogens (primary N) is 1. The SMILES string of the molecule is CC(C)Oc1cccc(OC(C)C)c1NN.Cl. The van der Waals surface area contributed by atoms with Gasteiger partial charge in [0.05, 0.1) is 12.2 Å². The average molecular weight is 261 g/mol. The molecule has 0 aliphatic rings. The van der Waals surface area contributed by atoms with Gasteiger partial charge in [0.1, 0.15) is 17.2 Å². The molecule has 5 heteroatoms. The Morgan fingerprint density at radius 3 is 1.71 bits per heavy atom. The van der Waals surface area contributed by atoms with E-state index in [0.717, 1.165) is 0 Å². The van der Waals surface area contributed by atoms with Crippen molar-refractivity contribution in [1.29, 1.82) is 0 Å². The second-order valence-corrected chi connectivity index (χ2v) is 4.11. The number of rotatable bonds is 5. The molecule has 0 aromatic heterocycles. The zero-order valence-corrected chi connectivity index (χ0v) is 11.5. The number of ether oxygens (including phenoxy) is 2. The van der Waals surface area contributed by atoms with E-state index in [1.54, 1.807) is 0 Å². The summed E-state index contributed by atoms with van der Waals surface area (Å²) in [6.07, 6.45) is 0.197. The van der Waals surface area contributed by atoms with Crippen LogP contribution in [0.15, 0.2) is 18.2 Å². The van der Waals surface area contributed by atoms with Crippen LogP contribution in [0.4, 0.5) is 5.69 Å². The normalized spacial score (nSPS) is 10.1. The highest BCUT2D eigenvalue weighted by molar-refractivity contribution is 5.85. The first-order valence-corrected chi connectivity index (χ1v) is 5.47. The van der Waals surface area contributed by atoms with Crippen molar-refractivity contribution in [2.45, 2.75) is 39.9 Å². The van der Waals surface area contributed by atoms with Crippen molar-refractivity contribution in [2.24, 2.45) is 5.84 Å². The highest BCUT2D eigenvalue weighted by Gasteiger charge is 2.11. The van der Waals surface area contributed by atoms with E-state index in [-0.39, 0.29) is 24.6 Å². The fourth-order valence-electron chi connectivity index (χ4n) is 1.36. The van der Waals surface area contributed by atoms with Crippen LogP contribution in [0.1, 0.15) is 27.7 Å². The van der Waals surface area contributed by atoms with Crippen LogP contribution in [0.3, 0.4) is 0 Å². The fourth-order valence-corrected chi connectivity index (χ4v) is 1.36. The van der Waals surface area contributed by atoms with Crippen molar-refractivity contribution in [3.05, 3.63) is 18.2 Å². The zero-order chi connectivity index (χ0) is 12.1. The van der Waals surface area contributed by atoms with Gasteiger partial charge in [-0.15, -0.1) is 12.4 Å². The first-order valence-electron chi connectivity index (χ1n) is 5.47. The molecule has 1 rings (SSSR count). The Bertz CT molecular complexity index is 315. The minimum Gasteiger partial charge on any atom is -0.489 e. The van der Waals surface area contributed by atoms with Crippen LogP contribution in [0.2, 0.25) is 0 Å². The number of nitrogen functional groups attached to an aromatic ring is 1. The molecule has 0 fully saturated rings. The third kappa shape index (κ3) is 4.71. The second kappa shape index (κ2) is 7.25. The number of halogens is 1. The van der Waals surface area contributed by atoms with Crippen molar-refractivity contribution in [1.82, 2.24) is 0 Å². The van der Waals surface area contributed by atoms with Gasteiger partial charge < -0.3 is 14.9 Å². The summed E-state index contributed by atoms with van der Waals surface area (Å²) >= 11 is 0. The maximum absolute atomic E-state index is 5.64. The van der Waals surface area contributed by atoms with Gasteiger partial charge in [-0.25, -0.2) is 0 Å². The quantitative estimate of drug-likeness (QED) is 0.631. The lowest BCUT2D eigenvalue weighted by Gasteiger charge is -2.18. The van der Waals surface area contributed by atoms with Gasteiger partial charge in [0.25, 0.3) is 0 Å². The van der Waals surface area contributed by atoms with Crippen molar-refractivity contribution in [2.75, 3.05) is 5.43 Å². The first-order chi connectivity index (χ1) is 7.54. The molecule has 0 amide bonds. The highest BCUT2D eigenvalue weighted by atomic mass is 35.5. The van der Waals surface area contributed by atoms with Crippen LogP contribution in [-0.4, -0.2) is 12.2 Å². The summed E-state index contributed by atoms with van der Waals surface area (Å²) in [5.74, 6) is 6.90. The summed E-state index contributed by atoms with van der Waals surface area (Å²) in [6.45, 7) is 7.87. The molecule has 0 saturated heterocycles. The van der Waals surface area contributed by atoms with Gasteiger partial charge in [0.2, 0.25) is 0 Å². The summed E-state index contributed by atoms with van der Waals surface area (Å²) in [4.78, 5) is 0. The molecule has 0 spiro atoms. The molecule has 0 unspecified atom stereocenters. The van der Waals surface area contributed by atoms with E-state index >= 15 is 0 Å². The van der Waals surface area contributed by atoms with E-state index in [9.17, 15) is 0 Å². The summed E-state index contributed by atoms with van der Waals surface area (Å²) < 4.78 is 11.3. The number of para-hydroxylation sites is 1. The molecule has 0 saturated carbocycles. The molecule has 0 bridgehead atoms. The van der Waals surface area contributed by atoms with E-state index in [1.165, 1.54) is 0 Å². The molecule has 0 heterocycles. The predicted molar refractivity (Wildman–Crippen MR) is 73.0 cm³/mol. The van der Waals surface area contributed by atoms with E-state index in [0.29, 0.717) is 17.2 Å². The van der Waals surface area contributed by atoms with Gasteiger partial charge in [-0.05, 0) is 39.8 Å². The maximum atomic E-state index is 5.64. The molecule has 0 radical (unpaired) electrons. The van der Waals surface area contributed by atoms with E-state index in [4.69, 9.17) is 15.3 Å². The molecule has 0 atom stereocenters. The lowest BCUT2D eigenvalue weighted by molar-refractivity contribution is 0.231. The van der Waals surface area contributed by atoms with E-state index in [2.05, 4.69) is 5.43 Å². The van der Waals surface area contributed by atoms with E-state index < -0.39 is 0 Å². The van der Waals surface area contributed by atoms with Crippen LogP contribution in [0.25, 0.3) is 0 Å². The Morgan fingerprint density at radius 1 is 1.00 bits per heavy atom. The Morgan fingerprint density at radius 2 is 1.41 bits per heavy atom. The summed E-state index contributed by atoms with van der Waals surface area (Å²) in [5, 5.41) is 0. The number of benzene rings is 1. The lowest BCUT2D eigenvalue weighted by atomic mass is 10.2. The molecule has 98 valence electrons. The van der Waals surface area contributed by atoms with Crippen molar-refractivity contribution in [3.63, 3.8) is 0 Å². The highest BCUT2D eigenvalue weighted by Crippen LogP contribution is 2.34. The van der Waals surface area contributed by atoms with Crippen LogP contribution >= 0.6 is 12.4 Å². The van der Waals surface area contributed by atoms with Crippen LogP contribution < -0.4 is 20.7 Å². The summed E-state index contributed by atoms with van der Waals surface area (Å²) in [5.41, 5.74) is 3.31. The molecule has 0 aliphatic heterocycles. The van der Waals surface area contributed by atoms with Gasteiger partial charge in [0.15, 0.2) is 0 Å². The molecule has 1 aromatic rings. The predicted octanol–water partition coefficient (Wildman–Crippen LogP) is 2.97. The zero-order valence-electron chi connectivity index (χ0n) is 10.7. The van der Waals surface area contributed by atoms with Crippen LogP contribution in [0.5, 0.6) is 11.5 Å². The first kappa shape index (κ1) is 15.9. The monoisotopic (exact) mass is 260 g/mol. The Balaban J connectivity index is 0.00000256. The molecular weight excluding hydrogens is 240 g/mol. The summed E-state index contributed by atoms with van der Waals surface area (Å²) in [7, 11) is 0. The molecule has 1 aromatic carbocycles. The number of hydrogen-bond acceptors (Lipinski definition) is 4. The third-order valence-corrected chi connectivity index (χ3v) is 1.86. The molecule has 4 nitrogen and oxygen atoms in total. The smallest absolute Gasteiger partial charge is 0.147 e. The topological polar surface area (TPSA) is 56.5 Å². The number of hydrogen-bond donors (Lipinski definition) is 2. The van der Waals surface area contributed by atoms with Gasteiger partial charge in [-0.2, -0.15) is 0 Å². The number of anilines is 1. The Hall–Kier alpha value is -1.13. The molecule has 0 aliphatic carbocycles. The molecular formula is C12H21ClN2O2. The standard InChI is InChI=1S/C12H20N2O2.ClH/c1-8(2)15-10-6-5-7-11(12(10)14-13)16-9(3)4;/h5-9,14H,13H2,1-4H3;1H. The van der Waals surface area contributed by atoms with Gasteiger partial charge >= 0.3 is 0 Å².